The van der Waals surface area contributed by atoms with Crippen LogP contribution in [0.25, 0.3) is 0 Å². The average molecular weight is 251 g/mol. The van der Waals surface area contributed by atoms with E-state index in [1.165, 1.54) is 11.1 Å². The van der Waals surface area contributed by atoms with E-state index in [4.69, 9.17) is 5.11 Å². The van der Waals surface area contributed by atoms with Crippen molar-refractivity contribution in [3.8, 4) is 0 Å². The quantitative estimate of drug-likeness (QED) is 0.862. The number of aliphatic carboxylic acids is 1. The Hall–Kier alpha value is -1.85. The number of carboxylic acid groups (broad SMARTS) is 1. The smallest absolute Gasteiger partial charge is 0.326 e. The van der Waals surface area contributed by atoms with Gasteiger partial charge in [0.15, 0.2) is 0 Å². The Balaban J connectivity index is 2.17. The number of hydrogen-bond donors (Lipinski definition) is 1. The summed E-state index contributed by atoms with van der Waals surface area (Å²) in [6.07, 6.45) is 3.01. The number of carbonyl (C=O) groups excluding carboxylic acids is 1. The summed E-state index contributed by atoms with van der Waals surface area (Å²) in [6.45, 7) is 5.15. The second kappa shape index (κ2) is 4.80. The molecular weight excluding hydrogens is 234 g/mol. The number of amides is 1. The van der Waals surface area contributed by atoms with Crippen LogP contribution in [0.4, 0.5) is 0 Å². The first-order valence-corrected chi connectivity index (χ1v) is 6.12. The van der Waals surface area contributed by atoms with Gasteiger partial charge in [-0.05, 0) is 19.8 Å². The largest absolute Gasteiger partial charge is 0.480 e. The van der Waals surface area contributed by atoms with Crippen LogP contribution in [0.1, 0.15) is 35.8 Å². The lowest BCUT2D eigenvalue weighted by atomic mass is 10.0. The van der Waals surface area contributed by atoms with Gasteiger partial charge in [0.2, 0.25) is 0 Å². The van der Waals surface area contributed by atoms with E-state index in [9.17, 15) is 9.59 Å². The molecule has 1 atom stereocenters. The zero-order valence-corrected chi connectivity index (χ0v) is 10.6. The summed E-state index contributed by atoms with van der Waals surface area (Å²) in [5.41, 5.74) is 1.31. The fourth-order valence-electron chi connectivity index (χ4n) is 2.14. The summed E-state index contributed by atoms with van der Waals surface area (Å²) in [7, 11) is 0. The van der Waals surface area contributed by atoms with E-state index < -0.39 is 12.0 Å². The lowest BCUT2D eigenvalue weighted by Gasteiger charge is -2.37. The second-order valence-corrected chi connectivity index (χ2v) is 4.51. The molecule has 2 rings (SSSR count). The lowest BCUT2D eigenvalue weighted by Crippen LogP contribution is -2.55. The van der Waals surface area contributed by atoms with Crippen molar-refractivity contribution < 1.29 is 14.7 Å². The minimum absolute atomic E-state index is 0.228. The summed E-state index contributed by atoms with van der Waals surface area (Å²) in [5.74, 6) is -1.17. The van der Waals surface area contributed by atoms with Gasteiger partial charge >= 0.3 is 5.97 Å². The minimum atomic E-state index is -0.937. The fraction of sp³-hybridized carbons (Fsp3) is 0.583. The van der Waals surface area contributed by atoms with Crippen molar-refractivity contribution in [3.63, 3.8) is 0 Å². The van der Waals surface area contributed by atoms with Gasteiger partial charge in [-0.15, -0.1) is 0 Å². The van der Waals surface area contributed by atoms with Gasteiger partial charge in [-0.2, -0.15) is 5.10 Å². The number of rotatable bonds is 4. The number of hydrogen-bond acceptors (Lipinski definition) is 3. The molecule has 0 bridgehead atoms. The van der Waals surface area contributed by atoms with E-state index in [2.05, 4.69) is 5.10 Å². The molecule has 1 aliphatic rings. The lowest BCUT2D eigenvalue weighted by molar-refractivity contribution is -0.146. The number of likely N-dealkylation sites (tertiary alicyclic amines) is 1. The molecule has 1 fully saturated rings. The predicted molar refractivity (Wildman–Crippen MR) is 64.3 cm³/mol. The zero-order valence-electron chi connectivity index (χ0n) is 10.6. The summed E-state index contributed by atoms with van der Waals surface area (Å²) >= 11 is 0. The van der Waals surface area contributed by atoms with Gasteiger partial charge in [0, 0.05) is 18.8 Å². The van der Waals surface area contributed by atoms with Gasteiger partial charge < -0.3 is 10.0 Å². The maximum absolute atomic E-state index is 12.2. The van der Waals surface area contributed by atoms with Crippen LogP contribution >= 0.6 is 0 Å². The topological polar surface area (TPSA) is 75.4 Å². The van der Waals surface area contributed by atoms with Crippen molar-refractivity contribution in [3.05, 3.63) is 17.5 Å². The third-order valence-electron chi connectivity index (χ3n) is 3.33. The monoisotopic (exact) mass is 251 g/mol. The maximum atomic E-state index is 12.2. The highest BCUT2D eigenvalue weighted by Gasteiger charge is 2.38. The molecule has 1 amide bonds. The van der Waals surface area contributed by atoms with Crippen LogP contribution in [0.5, 0.6) is 0 Å². The van der Waals surface area contributed by atoms with Crippen LogP contribution in [0.3, 0.4) is 0 Å². The van der Waals surface area contributed by atoms with Crippen LogP contribution in [0.2, 0.25) is 0 Å². The Labute approximate surface area is 105 Å². The van der Waals surface area contributed by atoms with E-state index >= 15 is 0 Å². The molecule has 0 saturated carbocycles. The van der Waals surface area contributed by atoms with Crippen LogP contribution in [-0.4, -0.2) is 44.3 Å². The third kappa shape index (κ3) is 1.98. The van der Waals surface area contributed by atoms with Crippen LogP contribution < -0.4 is 0 Å². The Morgan fingerprint density at radius 1 is 1.56 bits per heavy atom. The molecule has 0 aliphatic carbocycles. The van der Waals surface area contributed by atoms with Gasteiger partial charge in [0.05, 0.1) is 11.8 Å². The summed E-state index contributed by atoms with van der Waals surface area (Å²) in [6, 6.07) is -0.675. The second-order valence-electron chi connectivity index (χ2n) is 4.51. The van der Waals surface area contributed by atoms with Crippen LogP contribution in [0.15, 0.2) is 6.20 Å². The molecule has 0 radical (unpaired) electrons. The molecule has 1 unspecified atom stereocenters. The first-order chi connectivity index (χ1) is 8.56. The van der Waals surface area contributed by atoms with Crippen molar-refractivity contribution in [2.24, 2.45) is 0 Å². The normalized spacial score (nSPS) is 18.6. The van der Waals surface area contributed by atoms with E-state index in [1.807, 2.05) is 13.8 Å². The predicted octanol–water partition coefficient (Wildman–Crippen LogP) is 0.901. The van der Waals surface area contributed by atoms with E-state index in [0.29, 0.717) is 18.5 Å². The Bertz CT molecular complexity index is 481. The molecule has 0 aromatic carbocycles. The molecule has 0 spiro atoms. The highest BCUT2D eigenvalue weighted by Crippen LogP contribution is 2.22. The summed E-state index contributed by atoms with van der Waals surface area (Å²) in [5, 5.41) is 13.1. The third-order valence-corrected chi connectivity index (χ3v) is 3.33. The fourth-order valence-corrected chi connectivity index (χ4v) is 2.14. The van der Waals surface area contributed by atoms with E-state index in [-0.39, 0.29) is 5.91 Å². The van der Waals surface area contributed by atoms with Crippen molar-refractivity contribution >= 4 is 11.9 Å². The molecule has 98 valence electrons. The highest BCUT2D eigenvalue weighted by molar-refractivity contribution is 5.98. The average Bonchev–Trinajstić information content (AvgIpc) is 2.58. The number of nitrogens with zero attached hydrogens (tertiary/aromatic N) is 3. The first-order valence-electron chi connectivity index (χ1n) is 6.12. The van der Waals surface area contributed by atoms with Gasteiger partial charge in [0.25, 0.3) is 5.91 Å². The van der Waals surface area contributed by atoms with Crippen molar-refractivity contribution in [2.45, 2.75) is 39.3 Å². The SMILES string of the molecule is CCCn1ncc(C(=O)N2CCC2C(=O)O)c1C. The molecule has 1 aromatic heterocycles. The molecule has 18 heavy (non-hydrogen) atoms. The van der Waals surface area contributed by atoms with Crippen molar-refractivity contribution in [1.82, 2.24) is 14.7 Å². The molecule has 1 aliphatic heterocycles. The Morgan fingerprint density at radius 3 is 2.78 bits per heavy atom. The Morgan fingerprint density at radius 2 is 2.28 bits per heavy atom. The number of carboxylic acids is 1. The number of aromatic nitrogens is 2. The van der Waals surface area contributed by atoms with Crippen LogP contribution in [0, 0.1) is 6.92 Å². The van der Waals surface area contributed by atoms with Gasteiger partial charge in [0.1, 0.15) is 6.04 Å². The minimum Gasteiger partial charge on any atom is -0.480 e. The Kier molecular flexibility index (Phi) is 3.36. The summed E-state index contributed by atoms with van der Waals surface area (Å²) < 4.78 is 1.78. The first kappa shape index (κ1) is 12.6. The molecule has 1 saturated heterocycles. The zero-order chi connectivity index (χ0) is 13.3. The van der Waals surface area contributed by atoms with E-state index in [0.717, 1.165) is 18.7 Å². The molecule has 1 aromatic rings. The van der Waals surface area contributed by atoms with Gasteiger partial charge in [-0.25, -0.2) is 4.79 Å². The molecule has 2 heterocycles. The van der Waals surface area contributed by atoms with Crippen LogP contribution in [-0.2, 0) is 11.3 Å². The van der Waals surface area contributed by atoms with Gasteiger partial charge in [-0.1, -0.05) is 6.92 Å². The standard InChI is InChI=1S/C12H17N3O3/c1-3-5-15-8(2)9(7-13-15)11(16)14-6-4-10(14)12(17)18/h7,10H,3-6H2,1-2H3,(H,17,18). The highest BCUT2D eigenvalue weighted by atomic mass is 16.4. The number of carbonyl (C=O) groups is 2. The molecule has 1 N–H and O–H groups in total. The maximum Gasteiger partial charge on any atom is 0.326 e. The van der Waals surface area contributed by atoms with E-state index in [1.54, 1.807) is 4.68 Å². The van der Waals surface area contributed by atoms with Crippen molar-refractivity contribution in [2.75, 3.05) is 6.54 Å². The van der Waals surface area contributed by atoms with Crippen molar-refractivity contribution in [1.29, 1.82) is 0 Å². The molecular formula is C12H17N3O3. The number of aryl methyl sites for hydroxylation is 1. The molecule has 6 heteroatoms. The van der Waals surface area contributed by atoms with Gasteiger partial charge in [-0.3, -0.25) is 9.48 Å². The molecule has 6 nitrogen and oxygen atoms in total. The summed E-state index contributed by atoms with van der Waals surface area (Å²) in [4.78, 5) is 24.5.